The van der Waals surface area contributed by atoms with E-state index in [1.54, 1.807) is 18.8 Å². The quantitative estimate of drug-likeness (QED) is 0.875. The molecule has 1 aromatic carbocycles. The lowest BCUT2D eigenvalue weighted by Gasteiger charge is -2.36. The van der Waals surface area contributed by atoms with Crippen LogP contribution < -0.4 is 5.32 Å². The second-order valence-corrected chi connectivity index (χ2v) is 8.17. The molecule has 2 aliphatic heterocycles. The fraction of sp³-hybridized carbons (Fsp3) is 0.500. The van der Waals surface area contributed by atoms with Crippen LogP contribution in [-0.2, 0) is 11.2 Å². The van der Waals surface area contributed by atoms with E-state index in [1.807, 2.05) is 18.2 Å². The van der Waals surface area contributed by atoms with Gasteiger partial charge < -0.3 is 9.80 Å². The second-order valence-electron chi connectivity index (χ2n) is 6.62. The minimum absolute atomic E-state index is 0.254. The van der Waals surface area contributed by atoms with Crippen LogP contribution in [0.25, 0.3) is 0 Å². The maximum atomic E-state index is 12.4. The van der Waals surface area contributed by atoms with Crippen LogP contribution in [0.2, 0.25) is 0 Å². The van der Waals surface area contributed by atoms with Gasteiger partial charge in [0.25, 0.3) is 5.91 Å². The molecule has 0 saturated carbocycles. The number of nitrogens with zero attached hydrogens (tertiary/aromatic N) is 3. The number of hydrogen-bond acceptors (Lipinski definition) is 5. The molecule has 0 spiro atoms. The molecule has 6 nitrogen and oxygen atoms in total. The zero-order chi connectivity index (χ0) is 18.0. The number of benzene rings is 1. The van der Waals surface area contributed by atoms with Crippen LogP contribution in [0.1, 0.15) is 25.8 Å². The SMILES string of the molecule is CC(C)SC1=NC2C(C(=O)NC(=O)N2C)N1CCCc1ccccc1. The number of carbonyl (C=O) groups excluding carboxylic acids is 2. The highest BCUT2D eigenvalue weighted by Gasteiger charge is 2.48. The summed E-state index contributed by atoms with van der Waals surface area (Å²) in [5, 5.41) is 3.65. The molecule has 1 N–H and O–H groups in total. The van der Waals surface area contributed by atoms with Crippen molar-refractivity contribution < 1.29 is 9.59 Å². The molecule has 134 valence electrons. The summed E-state index contributed by atoms with van der Waals surface area (Å²) < 4.78 is 0. The van der Waals surface area contributed by atoms with Crippen molar-refractivity contribution in [2.75, 3.05) is 13.6 Å². The Morgan fingerprint density at radius 3 is 2.64 bits per heavy atom. The van der Waals surface area contributed by atoms with Gasteiger partial charge in [-0.2, -0.15) is 0 Å². The molecule has 1 saturated heterocycles. The summed E-state index contributed by atoms with van der Waals surface area (Å²) >= 11 is 1.65. The van der Waals surface area contributed by atoms with Crippen LogP contribution in [0.3, 0.4) is 0 Å². The first-order chi connectivity index (χ1) is 12.0. The van der Waals surface area contributed by atoms with Gasteiger partial charge >= 0.3 is 6.03 Å². The highest BCUT2D eigenvalue weighted by Crippen LogP contribution is 2.30. The highest BCUT2D eigenvalue weighted by molar-refractivity contribution is 8.14. The number of nitrogens with one attached hydrogen (secondary N) is 1. The number of carbonyl (C=O) groups is 2. The van der Waals surface area contributed by atoms with Gasteiger partial charge in [-0.3, -0.25) is 10.1 Å². The zero-order valence-corrected chi connectivity index (χ0v) is 15.6. The first-order valence-corrected chi connectivity index (χ1v) is 9.48. The number of imide groups is 1. The summed E-state index contributed by atoms with van der Waals surface area (Å²) in [6.07, 6.45) is 1.44. The molecule has 1 aromatic rings. The lowest BCUT2D eigenvalue weighted by Crippen LogP contribution is -2.63. The fourth-order valence-corrected chi connectivity index (χ4v) is 4.07. The van der Waals surface area contributed by atoms with Crippen molar-refractivity contribution in [2.45, 2.75) is 44.1 Å². The van der Waals surface area contributed by atoms with E-state index in [2.05, 4.69) is 41.2 Å². The predicted octanol–water partition coefficient (Wildman–Crippen LogP) is 2.31. The molecule has 2 aliphatic rings. The van der Waals surface area contributed by atoms with Crippen molar-refractivity contribution >= 4 is 28.9 Å². The van der Waals surface area contributed by atoms with Gasteiger partial charge in [0.05, 0.1) is 0 Å². The van der Waals surface area contributed by atoms with Crippen molar-refractivity contribution in [1.82, 2.24) is 15.1 Å². The van der Waals surface area contributed by atoms with Gasteiger partial charge in [-0.15, -0.1) is 0 Å². The number of rotatable bonds is 5. The first kappa shape index (κ1) is 17.8. The Balaban J connectivity index is 1.73. The van der Waals surface area contributed by atoms with Crippen LogP contribution in [0, 0.1) is 0 Å². The molecular weight excluding hydrogens is 336 g/mol. The number of amidine groups is 1. The second kappa shape index (κ2) is 7.47. The molecule has 25 heavy (non-hydrogen) atoms. The molecule has 1 fully saturated rings. The third-order valence-electron chi connectivity index (χ3n) is 4.37. The van der Waals surface area contributed by atoms with Crippen LogP contribution in [0.5, 0.6) is 0 Å². The van der Waals surface area contributed by atoms with Gasteiger partial charge in [0.2, 0.25) is 0 Å². The molecule has 3 rings (SSSR count). The van der Waals surface area contributed by atoms with Gasteiger partial charge in [-0.05, 0) is 18.4 Å². The lowest BCUT2D eigenvalue weighted by atomic mass is 10.1. The number of aryl methyl sites for hydroxylation is 1. The van der Waals surface area contributed by atoms with E-state index >= 15 is 0 Å². The maximum Gasteiger partial charge on any atom is 0.325 e. The number of fused-ring (bicyclic) bond motifs is 1. The number of amides is 3. The van der Waals surface area contributed by atoms with E-state index in [0.29, 0.717) is 5.25 Å². The summed E-state index contributed by atoms with van der Waals surface area (Å²) in [6, 6.07) is 9.51. The van der Waals surface area contributed by atoms with Crippen molar-refractivity contribution in [1.29, 1.82) is 0 Å². The maximum absolute atomic E-state index is 12.4. The van der Waals surface area contributed by atoms with Gasteiger partial charge in [0.1, 0.15) is 0 Å². The number of aliphatic imine (C=N–C) groups is 1. The molecule has 0 bridgehead atoms. The summed E-state index contributed by atoms with van der Waals surface area (Å²) in [5.74, 6) is -0.254. The Bertz CT molecular complexity index is 677. The van der Waals surface area contributed by atoms with Crippen LogP contribution in [-0.4, -0.2) is 58.0 Å². The van der Waals surface area contributed by atoms with Crippen LogP contribution in [0.15, 0.2) is 35.3 Å². The summed E-state index contributed by atoms with van der Waals surface area (Å²) in [7, 11) is 1.69. The molecule has 7 heteroatoms. The number of thioether (sulfide) groups is 1. The summed E-state index contributed by atoms with van der Waals surface area (Å²) in [4.78, 5) is 32.6. The average Bonchev–Trinajstić information content (AvgIpc) is 2.92. The van der Waals surface area contributed by atoms with Gasteiger partial charge in [0, 0.05) is 18.8 Å². The van der Waals surface area contributed by atoms with Crippen LogP contribution in [0.4, 0.5) is 4.79 Å². The minimum Gasteiger partial charge on any atom is -0.336 e. The van der Waals surface area contributed by atoms with Gasteiger partial charge in [0.15, 0.2) is 17.4 Å². The Hall–Kier alpha value is -2.02. The summed E-state index contributed by atoms with van der Waals surface area (Å²) in [6.45, 7) is 4.95. The Kier molecular flexibility index (Phi) is 5.32. The number of hydrogen-bond donors (Lipinski definition) is 1. The number of likely N-dealkylation sites (N-methyl/N-ethyl adjacent to an activating group) is 1. The molecule has 3 amide bonds. The number of urea groups is 1. The average molecular weight is 360 g/mol. The van der Waals surface area contributed by atoms with Gasteiger partial charge in [-0.25, -0.2) is 9.79 Å². The topological polar surface area (TPSA) is 65.0 Å². The Morgan fingerprint density at radius 2 is 1.96 bits per heavy atom. The molecular formula is C18H24N4O2S. The molecule has 0 aromatic heterocycles. The third kappa shape index (κ3) is 3.81. The van der Waals surface area contributed by atoms with Gasteiger partial charge in [-0.1, -0.05) is 55.9 Å². The van der Waals surface area contributed by atoms with E-state index in [4.69, 9.17) is 0 Å². The lowest BCUT2D eigenvalue weighted by molar-refractivity contribution is -0.127. The fourth-order valence-electron chi connectivity index (χ4n) is 3.14. The largest absolute Gasteiger partial charge is 0.336 e. The Morgan fingerprint density at radius 1 is 1.24 bits per heavy atom. The Labute approximate surface area is 152 Å². The monoisotopic (exact) mass is 360 g/mol. The molecule has 0 radical (unpaired) electrons. The van der Waals surface area contributed by atoms with Crippen molar-refractivity contribution in [3.05, 3.63) is 35.9 Å². The van der Waals surface area contributed by atoms with E-state index in [0.717, 1.165) is 24.6 Å². The standard InChI is InChI=1S/C18H24N4O2S/c1-12(2)25-18-19-15-14(16(23)20-17(24)21(15)3)22(18)11-7-10-13-8-5-4-6-9-13/h4-6,8-9,12,14-15H,7,10-11H2,1-3H3,(H,20,23,24). The predicted molar refractivity (Wildman–Crippen MR) is 101 cm³/mol. The van der Waals surface area contributed by atoms with E-state index in [9.17, 15) is 9.59 Å². The van der Waals surface area contributed by atoms with E-state index < -0.39 is 12.2 Å². The van der Waals surface area contributed by atoms with Crippen LogP contribution >= 0.6 is 11.8 Å². The molecule has 0 aliphatic carbocycles. The molecule has 2 heterocycles. The third-order valence-corrected chi connectivity index (χ3v) is 5.39. The smallest absolute Gasteiger partial charge is 0.325 e. The van der Waals surface area contributed by atoms with Crippen molar-refractivity contribution in [3.63, 3.8) is 0 Å². The normalized spacial score (nSPS) is 23.0. The minimum atomic E-state index is -0.431. The first-order valence-electron chi connectivity index (χ1n) is 8.60. The zero-order valence-electron chi connectivity index (χ0n) is 14.8. The highest BCUT2D eigenvalue weighted by atomic mass is 32.2. The molecule has 2 atom stereocenters. The van der Waals surface area contributed by atoms with Crippen molar-refractivity contribution in [3.8, 4) is 0 Å². The van der Waals surface area contributed by atoms with E-state index in [1.165, 1.54) is 10.5 Å². The van der Waals surface area contributed by atoms with Crippen molar-refractivity contribution in [2.24, 2.45) is 4.99 Å². The summed E-state index contributed by atoms with van der Waals surface area (Å²) in [5.41, 5.74) is 1.29. The van der Waals surface area contributed by atoms with E-state index in [-0.39, 0.29) is 11.9 Å². The molecule has 2 unspecified atom stereocenters.